The normalized spacial score (nSPS) is 11.8. The lowest BCUT2D eigenvalue weighted by atomic mass is 10.2. The molecule has 0 aliphatic carbocycles. The van der Waals surface area contributed by atoms with E-state index in [2.05, 4.69) is 25.9 Å². The Labute approximate surface area is 110 Å². The van der Waals surface area contributed by atoms with E-state index in [1.165, 1.54) is 0 Å². The Bertz CT molecular complexity index is 530. The third-order valence-electron chi connectivity index (χ3n) is 2.59. The molecule has 0 fully saturated rings. The zero-order chi connectivity index (χ0) is 13.5. The first-order valence-electron chi connectivity index (χ1n) is 5.85. The number of ether oxygens (including phenoxy) is 1. The first-order chi connectivity index (χ1) is 9.29. The van der Waals surface area contributed by atoms with Gasteiger partial charge >= 0.3 is 0 Å². The maximum atomic E-state index is 8.41. The van der Waals surface area contributed by atoms with Crippen LogP contribution in [-0.2, 0) is 6.54 Å². The molecule has 1 aromatic carbocycles. The molecule has 7 nitrogen and oxygen atoms in total. The van der Waals surface area contributed by atoms with Crippen LogP contribution in [0.2, 0.25) is 0 Å². The molecule has 7 heteroatoms. The van der Waals surface area contributed by atoms with E-state index in [-0.39, 0.29) is 12.6 Å². The standard InChI is InChI=1S/C12H14N6O/c1-9(12-15-17-18-16-12)14-8-10-2-4-11(5-3-10)19-7-6-13/h2-5,9,14H,7-8H2,1H3,(H,15,16,17,18). The second-order valence-corrected chi connectivity index (χ2v) is 3.96. The van der Waals surface area contributed by atoms with Crippen molar-refractivity contribution in [1.82, 2.24) is 25.9 Å². The summed E-state index contributed by atoms with van der Waals surface area (Å²) in [7, 11) is 0. The Balaban J connectivity index is 1.85. The molecule has 1 heterocycles. The molecule has 98 valence electrons. The number of aromatic amines is 1. The van der Waals surface area contributed by atoms with Crippen molar-refractivity contribution in [2.24, 2.45) is 0 Å². The van der Waals surface area contributed by atoms with Crippen LogP contribution in [0.5, 0.6) is 5.75 Å². The van der Waals surface area contributed by atoms with E-state index in [0.29, 0.717) is 18.1 Å². The van der Waals surface area contributed by atoms with Crippen molar-refractivity contribution < 1.29 is 4.74 Å². The zero-order valence-electron chi connectivity index (χ0n) is 10.5. The second-order valence-electron chi connectivity index (χ2n) is 3.96. The van der Waals surface area contributed by atoms with Crippen molar-refractivity contribution in [2.45, 2.75) is 19.5 Å². The molecular weight excluding hydrogens is 244 g/mol. The molecule has 1 atom stereocenters. The number of benzene rings is 1. The third kappa shape index (κ3) is 3.76. The largest absolute Gasteiger partial charge is 0.479 e. The van der Waals surface area contributed by atoms with Crippen molar-refractivity contribution in [1.29, 1.82) is 5.26 Å². The molecule has 2 aromatic rings. The fourth-order valence-electron chi connectivity index (χ4n) is 1.53. The van der Waals surface area contributed by atoms with Crippen molar-refractivity contribution >= 4 is 0 Å². The predicted octanol–water partition coefficient (Wildman–Crippen LogP) is 0.953. The molecule has 1 aromatic heterocycles. The van der Waals surface area contributed by atoms with Crippen LogP contribution < -0.4 is 10.1 Å². The molecule has 0 saturated heterocycles. The minimum atomic E-state index is 0.0215. The number of hydrogen-bond acceptors (Lipinski definition) is 6. The molecule has 0 aliphatic heterocycles. The van der Waals surface area contributed by atoms with Crippen LogP contribution in [0.15, 0.2) is 24.3 Å². The Morgan fingerprint density at radius 2 is 2.21 bits per heavy atom. The fraction of sp³-hybridized carbons (Fsp3) is 0.333. The molecule has 0 radical (unpaired) electrons. The third-order valence-corrected chi connectivity index (χ3v) is 2.59. The highest BCUT2D eigenvalue weighted by Crippen LogP contribution is 2.13. The van der Waals surface area contributed by atoms with E-state index in [9.17, 15) is 0 Å². The number of nitrogens with zero attached hydrogens (tertiary/aromatic N) is 4. The molecule has 1 unspecified atom stereocenters. The van der Waals surface area contributed by atoms with Gasteiger partial charge in [0.15, 0.2) is 12.4 Å². The van der Waals surface area contributed by atoms with Gasteiger partial charge in [-0.15, -0.1) is 10.2 Å². The Morgan fingerprint density at radius 1 is 1.42 bits per heavy atom. The average molecular weight is 258 g/mol. The summed E-state index contributed by atoms with van der Waals surface area (Å²) in [5.41, 5.74) is 1.11. The fourth-order valence-corrected chi connectivity index (χ4v) is 1.53. The van der Waals surface area contributed by atoms with E-state index >= 15 is 0 Å². The van der Waals surface area contributed by atoms with Gasteiger partial charge in [0, 0.05) is 6.54 Å². The number of tetrazole rings is 1. The van der Waals surface area contributed by atoms with Crippen LogP contribution in [0.3, 0.4) is 0 Å². The lowest BCUT2D eigenvalue weighted by Gasteiger charge is -2.10. The van der Waals surface area contributed by atoms with Crippen LogP contribution in [0, 0.1) is 11.3 Å². The monoisotopic (exact) mass is 258 g/mol. The Hall–Kier alpha value is -2.46. The van der Waals surface area contributed by atoms with Gasteiger partial charge in [-0.05, 0) is 24.6 Å². The number of aromatic nitrogens is 4. The molecular formula is C12H14N6O. The number of rotatable bonds is 6. The smallest absolute Gasteiger partial charge is 0.191 e. The molecule has 2 N–H and O–H groups in total. The van der Waals surface area contributed by atoms with Gasteiger partial charge in [-0.1, -0.05) is 17.3 Å². The summed E-state index contributed by atoms with van der Waals surface area (Å²) in [6, 6.07) is 9.53. The average Bonchev–Trinajstić information content (AvgIpc) is 2.98. The van der Waals surface area contributed by atoms with Crippen LogP contribution in [0.4, 0.5) is 0 Å². The van der Waals surface area contributed by atoms with E-state index in [4.69, 9.17) is 10.00 Å². The van der Waals surface area contributed by atoms with Crippen LogP contribution in [0.1, 0.15) is 24.4 Å². The van der Waals surface area contributed by atoms with E-state index < -0.39 is 0 Å². The summed E-state index contributed by atoms with van der Waals surface area (Å²) in [5.74, 6) is 1.32. The van der Waals surface area contributed by atoms with E-state index in [1.807, 2.05) is 37.3 Å². The Morgan fingerprint density at radius 3 is 2.84 bits per heavy atom. The topological polar surface area (TPSA) is 99.5 Å². The van der Waals surface area contributed by atoms with Crippen molar-refractivity contribution in [2.75, 3.05) is 6.61 Å². The zero-order valence-corrected chi connectivity index (χ0v) is 10.5. The number of H-pyrrole nitrogens is 1. The van der Waals surface area contributed by atoms with Crippen molar-refractivity contribution in [3.05, 3.63) is 35.7 Å². The Kier molecular flexibility index (Phi) is 4.42. The lowest BCUT2D eigenvalue weighted by molar-refractivity contribution is 0.368. The molecule has 0 saturated carbocycles. The van der Waals surface area contributed by atoms with Gasteiger partial charge in [-0.3, -0.25) is 0 Å². The summed E-state index contributed by atoms with van der Waals surface area (Å²) in [5, 5.41) is 25.5. The number of nitriles is 1. The quantitative estimate of drug-likeness (QED) is 0.800. The maximum absolute atomic E-state index is 8.41. The van der Waals surface area contributed by atoms with Gasteiger partial charge in [0.05, 0.1) is 6.04 Å². The van der Waals surface area contributed by atoms with Crippen molar-refractivity contribution in [3.8, 4) is 11.8 Å². The molecule has 0 aliphatic rings. The summed E-state index contributed by atoms with van der Waals surface area (Å²) in [4.78, 5) is 0. The molecule has 0 spiro atoms. The summed E-state index contributed by atoms with van der Waals surface area (Å²) in [6.45, 7) is 2.72. The molecule has 0 amide bonds. The van der Waals surface area contributed by atoms with Crippen LogP contribution in [0.25, 0.3) is 0 Å². The van der Waals surface area contributed by atoms with Crippen LogP contribution in [-0.4, -0.2) is 27.2 Å². The van der Waals surface area contributed by atoms with Crippen LogP contribution >= 0.6 is 0 Å². The highest BCUT2D eigenvalue weighted by molar-refractivity contribution is 5.27. The van der Waals surface area contributed by atoms with Gasteiger partial charge < -0.3 is 10.1 Å². The summed E-state index contributed by atoms with van der Waals surface area (Å²) >= 11 is 0. The van der Waals surface area contributed by atoms with Gasteiger partial charge in [0.2, 0.25) is 0 Å². The lowest BCUT2D eigenvalue weighted by Crippen LogP contribution is -2.19. The maximum Gasteiger partial charge on any atom is 0.191 e. The van der Waals surface area contributed by atoms with Crippen molar-refractivity contribution in [3.63, 3.8) is 0 Å². The first kappa shape index (κ1) is 13.0. The van der Waals surface area contributed by atoms with E-state index in [1.54, 1.807) is 0 Å². The van der Waals surface area contributed by atoms with Gasteiger partial charge in [0.25, 0.3) is 0 Å². The minimum Gasteiger partial charge on any atom is -0.479 e. The second kappa shape index (κ2) is 6.47. The SMILES string of the molecule is CC(NCc1ccc(OCC#N)cc1)c1nn[nH]n1. The number of nitrogens with one attached hydrogen (secondary N) is 2. The highest BCUT2D eigenvalue weighted by Gasteiger charge is 2.08. The minimum absolute atomic E-state index is 0.0215. The van der Waals surface area contributed by atoms with Gasteiger partial charge in [0.1, 0.15) is 11.8 Å². The summed E-state index contributed by atoms with van der Waals surface area (Å²) in [6.07, 6.45) is 0. The molecule has 0 bridgehead atoms. The van der Waals surface area contributed by atoms with Gasteiger partial charge in [-0.25, -0.2) is 0 Å². The number of hydrogen-bond donors (Lipinski definition) is 2. The van der Waals surface area contributed by atoms with Gasteiger partial charge in [-0.2, -0.15) is 10.5 Å². The first-order valence-corrected chi connectivity index (χ1v) is 5.85. The predicted molar refractivity (Wildman–Crippen MR) is 67.0 cm³/mol. The van der Waals surface area contributed by atoms with E-state index in [0.717, 1.165) is 5.56 Å². The molecule has 2 rings (SSSR count). The molecule has 19 heavy (non-hydrogen) atoms. The summed E-state index contributed by atoms with van der Waals surface area (Å²) < 4.78 is 5.18. The highest BCUT2D eigenvalue weighted by atomic mass is 16.5.